The number of aryl methyl sites for hydroxylation is 1. The molecule has 7 heteroatoms. The van der Waals surface area contributed by atoms with Crippen molar-refractivity contribution >= 4 is 11.9 Å². The van der Waals surface area contributed by atoms with E-state index in [1.807, 2.05) is 29.0 Å². The Bertz CT molecular complexity index is 594. The zero-order valence-corrected chi connectivity index (χ0v) is 15.0. The second-order valence-electron chi connectivity index (χ2n) is 7.36. The Morgan fingerprint density at radius 1 is 1.28 bits per heavy atom. The molecule has 2 aliphatic rings. The van der Waals surface area contributed by atoms with Gasteiger partial charge in [0.2, 0.25) is 5.91 Å². The van der Waals surface area contributed by atoms with Gasteiger partial charge in [0, 0.05) is 45.3 Å². The molecule has 7 nitrogen and oxygen atoms in total. The van der Waals surface area contributed by atoms with Crippen molar-refractivity contribution in [2.45, 2.75) is 51.0 Å². The highest BCUT2D eigenvalue weighted by Crippen LogP contribution is 2.20. The largest absolute Gasteiger partial charge is 0.353 e. The molecule has 1 aromatic heterocycles. The summed E-state index contributed by atoms with van der Waals surface area (Å²) >= 11 is 0. The van der Waals surface area contributed by atoms with Crippen molar-refractivity contribution in [1.82, 2.24) is 25.3 Å². The van der Waals surface area contributed by atoms with Crippen LogP contribution in [-0.2, 0) is 18.3 Å². The number of urea groups is 1. The van der Waals surface area contributed by atoms with Crippen molar-refractivity contribution in [3.63, 3.8) is 0 Å². The van der Waals surface area contributed by atoms with Gasteiger partial charge >= 0.3 is 6.03 Å². The molecule has 2 heterocycles. The van der Waals surface area contributed by atoms with Crippen molar-refractivity contribution in [1.29, 1.82) is 0 Å². The van der Waals surface area contributed by atoms with Crippen LogP contribution in [0.3, 0.4) is 0 Å². The Balaban J connectivity index is 1.32. The van der Waals surface area contributed by atoms with Crippen LogP contribution in [-0.4, -0.2) is 52.3 Å². The van der Waals surface area contributed by atoms with E-state index in [1.165, 1.54) is 18.4 Å². The molecule has 1 aromatic rings. The van der Waals surface area contributed by atoms with Crippen molar-refractivity contribution < 1.29 is 9.59 Å². The van der Waals surface area contributed by atoms with Gasteiger partial charge in [-0.05, 0) is 37.2 Å². The molecule has 1 aliphatic heterocycles. The Kier molecular flexibility index (Phi) is 5.94. The number of hydrogen-bond acceptors (Lipinski definition) is 3. The monoisotopic (exact) mass is 347 g/mol. The van der Waals surface area contributed by atoms with Gasteiger partial charge in [-0.25, -0.2) is 4.79 Å². The van der Waals surface area contributed by atoms with Gasteiger partial charge < -0.3 is 15.5 Å². The number of rotatable bonds is 6. The SMILES string of the molecule is Cn1cc(C[C@H]2CCN(C(=O)NCCC(=O)NC3CCCC3)C2)cn1. The third-order valence-corrected chi connectivity index (χ3v) is 5.20. The third-order valence-electron chi connectivity index (χ3n) is 5.20. The first-order valence-corrected chi connectivity index (χ1v) is 9.40. The lowest BCUT2D eigenvalue weighted by atomic mass is 10.0. The van der Waals surface area contributed by atoms with Crippen molar-refractivity contribution in [2.75, 3.05) is 19.6 Å². The molecule has 2 N–H and O–H groups in total. The van der Waals surface area contributed by atoms with Crippen LogP contribution in [0.2, 0.25) is 0 Å². The lowest BCUT2D eigenvalue weighted by Gasteiger charge is -2.17. The second kappa shape index (κ2) is 8.36. The summed E-state index contributed by atoms with van der Waals surface area (Å²) < 4.78 is 1.81. The summed E-state index contributed by atoms with van der Waals surface area (Å²) in [5, 5.41) is 10.1. The predicted octanol–water partition coefficient (Wildman–Crippen LogP) is 1.44. The summed E-state index contributed by atoms with van der Waals surface area (Å²) in [7, 11) is 1.92. The maximum Gasteiger partial charge on any atom is 0.317 e. The Morgan fingerprint density at radius 2 is 2.08 bits per heavy atom. The molecule has 0 spiro atoms. The zero-order valence-electron chi connectivity index (χ0n) is 15.0. The molecule has 0 unspecified atom stereocenters. The molecule has 25 heavy (non-hydrogen) atoms. The van der Waals surface area contributed by atoms with Crippen LogP contribution < -0.4 is 10.6 Å². The van der Waals surface area contributed by atoms with Crippen molar-refractivity contribution in [3.05, 3.63) is 18.0 Å². The molecular weight excluding hydrogens is 318 g/mol. The van der Waals surface area contributed by atoms with E-state index in [0.717, 1.165) is 38.8 Å². The van der Waals surface area contributed by atoms with Crippen LogP contribution >= 0.6 is 0 Å². The topological polar surface area (TPSA) is 79.3 Å². The molecule has 0 radical (unpaired) electrons. The first-order valence-electron chi connectivity index (χ1n) is 9.40. The van der Waals surface area contributed by atoms with E-state index in [-0.39, 0.29) is 11.9 Å². The Hall–Kier alpha value is -2.05. The number of amides is 3. The molecule has 3 amide bonds. The maximum absolute atomic E-state index is 12.2. The van der Waals surface area contributed by atoms with E-state index in [4.69, 9.17) is 0 Å². The van der Waals surface area contributed by atoms with Gasteiger partial charge in [-0.2, -0.15) is 5.10 Å². The van der Waals surface area contributed by atoms with Crippen LogP contribution in [0, 0.1) is 5.92 Å². The quantitative estimate of drug-likeness (QED) is 0.817. The highest BCUT2D eigenvalue weighted by Gasteiger charge is 2.26. The molecule has 0 aromatic carbocycles. The van der Waals surface area contributed by atoms with Crippen LogP contribution in [0.5, 0.6) is 0 Å². The Morgan fingerprint density at radius 3 is 2.80 bits per heavy atom. The molecule has 2 fully saturated rings. The fourth-order valence-corrected chi connectivity index (χ4v) is 3.86. The fourth-order valence-electron chi connectivity index (χ4n) is 3.86. The first-order chi connectivity index (χ1) is 12.1. The third kappa shape index (κ3) is 5.21. The van der Waals surface area contributed by atoms with Gasteiger partial charge in [0.15, 0.2) is 0 Å². The molecule has 138 valence electrons. The van der Waals surface area contributed by atoms with Gasteiger partial charge in [-0.3, -0.25) is 9.48 Å². The summed E-state index contributed by atoms with van der Waals surface area (Å²) in [4.78, 5) is 26.0. The number of nitrogens with one attached hydrogen (secondary N) is 2. The average molecular weight is 347 g/mol. The minimum absolute atomic E-state index is 0.0445. The maximum atomic E-state index is 12.2. The van der Waals surface area contributed by atoms with Gasteiger partial charge in [-0.1, -0.05) is 12.8 Å². The summed E-state index contributed by atoms with van der Waals surface area (Å²) in [6.45, 7) is 1.96. The van der Waals surface area contributed by atoms with E-state index in [9.17, 15) is 9.59 Å². The smallest absolute Gasteiger partial charge is 0.317 e. The highest BCUT2D eigenvalue weighted by atomic mass is 16.2. The zero-order chi connectivity index (χ0) is 17.6. The van der Waals surface area contributed by atoms with Crippen molar-refractivity contribution in [3.8, 4) is 0 Å². The van der Waals surface area contributed by atoms with Gasteiger partial charge in [-0.15, -0.1) is 0 Å². The molecule has 3 rings (SSSR count). The van der Waals surface area contributed by atoms with Crippen LogP contribution in [0.4, 0.5) is 4.79 Å². The number of likely N-dealkylation sites (tertiary alicyclic amines) is 1. The molecule has 1 aliphatic carbocycles. The lowest BCUT2D eigenvalue weighted by molar-refractivity contribution is -0.121. The lowest BCUT2D eigenvalue weighted by Crippen LogP contribution is -2.41. The van der Waals surface area contributed by atoms with E-state index < -0.39 is 0 Å². The summed E-state index contributed by atoms with van der Waals surface area (Å²) in [5.41, 5.74) is 1.22. The number of nitrogens with zero attached hydrogens (tertiary/aromatic N) is 3. The predicted molar refractivity (Wildman–Crippen MR) is 95.0 cm³/mol. The van der Waals surface area contributed by atoms with Crippen molar-refractivity contribution in [2.24, 2.45) is 13.0 Å². The fraction of sp³-hybridized carbons (Fsp3) is 0.722. The molecule has 1 saturated heterocycles. The molecular formula is C18H29N5O2. The van der Waals surface area contributed by atoms with Crippen LogP contribution in [0.15, 0.2) is 12.4 Å². The van der Waals surface area contributed by atoms with E-state index >= 15 is 0 Å². The van der Waals surface area contributed by atoms with Gasteiger partial charge in [0.25, 0.3) is 0 Å². The number of carbonyl (C=O) groups excluding carboxylic acids is 2. The van der Waals surface area contributed by atoms with E-state index in [2.05, 4.69) is 15.7 Å². The molecule has 1 atom stereocenters. The normalized spacial score (nSPS) is 20.8. The number of hydrogen-bond donors (Lipinski definition) is 2. The van der Waals surface area contributed by atoms with Gasteiger partial charge in [0.1, 0.15) is 0 Å². The minimum Gasteiger partial charge on any atom is -0.353 e. The van der Waals surface area contributed by atoms with Gasteiger partial charge in [0.05, 0.1) is 6.20 Å². The van der Waals surface area contributed by atoms with E-state index in [1.54, 1.807) is 0 Å². The number of aromatic nitrogens is 2. The average Bonchev–Trinajstić information content (AvgIpc) is 3.31. The number of carbonyl (C=O) groups is 2. The minimum atomic E-state index is -0.0534. The first kappa shape index (κ1) is 17.8. The molecule has 0 bridgehead atoms. The highest BCUT2D eigenvalue weighted by molar-refractivity contribution is 5.78. The van der Waals surface area contributed by atoms with Crippen LogP contribution in [0.25, 0.3) is 0 Å². The van der Waals surface area contributed by atoms with Crippen LogP contribution in [0.1, 0.15) is 44.1 Å². The summed E-state index contributed by atoms with van der Waals surface area (Å²) in [6, 6.07) is 0.289. The summed E-state index contributed by atoms with van der Waals surface area (Å²) in [6.07, 6.45) is 10.8. The van der Waals surface area contributed by atoms with E-state index in [0.29, 0.717) is 24.9 Å². The summed E-state index contributed by atoms with van der Waals surface area (Å²) in [5.74, 6) is 0.531. The standard InChI is InChI=1S/C18H29N5O2/c1-22-12-15(11-20-22)10-14-7-9-23(13-14)18(25)19-8-6-17(24)21-16-4-2-3-5-16/h11-12,14,16H,2-10,13H2,1H3,(H,19,25)(H,21,24)/t14-/m1/s1. The molecule has 1 saturated carbocycles. The second-order valence-corrected chi connectivity index (χ2v) is 7.36. The Labute approximate surface area is 149 Å².